The molecule has 2 aromatic rings. The lowest BCUT2D eigenvalue weighted by molar-refractivity contribution is -0.0109. The standard InChI is InChI=1S/C19H23NO.C2H6/c1-20-14-12-18(13-15-20)19(21,16-8-4-2-5-9-16)17-10-6-3-7-11-17;1-2/h2-11,18,21H,12-15H2,1H3;1-2H3. The molecule has 2 heteroatoms. The molecule has 23 heavy (non-hydrogen) atoms. The predicted molar refractivity (Wildman–Crippen MR) is 97.5 cm³/mol. The van der Waals surface area contributed by atoms with Crippen molar-refractivity contribution in [3.8, 4) is 0 Å². The molecule has 0 aliphatic carbocycles. The summed E-state index contributed by atoms with van der Waals surface area (Å²) in [5, 5.41) is 11.6. The first kappa shape index (κ1) is 17.7. The fraction of sp³-hybridized carbons (Fsp3) is 0.429. The Labute approximate surface area is 140 Å². The lowest BCUT2D eigenvalue weighted by Crippen LogP contribution is -2.43. The molecule has 1 saturated heterocycles. The van der Waals surface area contributed by atoms with Crippen molar-refractivity contribution in [3.63, 3.8) is 0 Å². The largest absolute Gasteiger partial charge is 0.380 e. The van der Waals surface area contributed by atoms with Crippen LogP contribution in [-0.2, 0) is 5.60 Å². The van der Waals surface area contributed by atoms with Crippen LogP contribution in [0.3, 0.4) is 0 Å². The van der Waals surface area contributed by atoms with Gasteiger partial charge in [0.25, 0.3) is 0 Å². The van der Waals surface area contributed by atoms with Crippen LogP contribution in [0.1, 0.15) is 37.8 Å². The van der Waals surface area contributed by atoms with Gasteiger partial charge in [-0.25, -0.2) is 0 Å². The fourth-order valence-electron chi connectivity index (χ4n) is 3.45. The summed E-state index contributed by atoms with van der Waals surface area (Å²) in [5.41, 5.74) is 1.13. The van der Waals surface area contributed by atoms with Crippen LogP contribution in [0, 0.1) is 5.92 Å². The molecule has 1 N–H and O–H groups in total. The van der Waals surface area contributed by atoms with Crippen molar-refractivity contribution in [2.75, 3.05) is 20.1 Å². The number of hydrogen-bond acceptors (Lipinski definition) is 2. The van der Waals surface area contributed by atoms with Gasteiger partial charge in [0, 0.05) is 0 Å². The van der Waals surface area contributed by atoms with Crippen molar-refractivity contribution < 1.29 is 5.11 Å². The Hall–Kier alpha value is -1.64. The van der Waals surface area contributed by atoms with E-state index in [9.17, 15) is 5.11 Å². The Morgan fingerprint density at radius 3 is 1.61 bits per heavy atom. The first-order chi connectivity index (χ1) is 11.2. The van der Waals surface area contributed by atoms with Crippen LogP contribution in [0.25, 0.3) is 0 Å². The van der Waals surface area contributed by atoms with Gasteiger partial charge in [-0.3, -0.25) is 0 Å². The molecule has 0 unspecified atom stereocenters. The summed E-state index contributed by atoms with van der Waals surface area (Å²) < 4.78 is 0. The Morgan fingerprint density at radius 2 is 1.22 bits per heavy atom. The molecular weight excluding hydrogens is 282 g/mol. The zero-order valence-corrected chi connectivity index (χ0v) is 14.6. The van der Waals surface area contributed by atoms with E-state index in [-0.39, 0.29) is 5.92 Å². The highest BCUT2D eigenvalue weighted by Gasteiger charge is 2.40. The van der Waals surface area contributed by atoms with Gasteiger partial charge in [-0.1, -0.05) is 74.5 Å². The fourth-order valence-corrected chi connectivity index (χ4v) is 3.45. The molecule has 0 spiro atoms. The number of benzene rings is 2. The molecule has 0 aromatic heterocycles. The molecule has 0 bridgehead atoms. The van der Waals surface area contributed by atoms with Crippen molar-refractivity contribution in [3.05, 3.63) is 71.8 Å². The molecular formula is C21H29NO. The quantitative estimate of drug-likeness (QED) is 0.914. The second-order valence-electron chi connectivity index (χ2n) is 6.08. The predicted octanol–water partition coefficient (Wildman–Crippen LogP) is 4.29. The Morgan fingerprint density at radius 1 is 0.826 bits per heavy atom. The molecule has 1 aliphatic rings. The summed E-state index contributed by atoms with van der Waals surface area (Å²) in [5.74, 6) is 0.262. The van der Waals surface area contributed by atoms with Crippen molar-refractivity contribution in [2.24, 2.45) is 5.92 Å². The number of aliphatic hydroxyl groups is 1. The summed E-state index contributed by atoms with van der Waals surface area (Å²) in [6, 6.07) is 20.2. The number of hydrogen-bond donors (Lipinski definition) is 1. The molecule has 2 nitrogen and oxygen atoms in total. The first-order valence-corrected chi connectivity index (χ1v) is 8.73. The van der Waals surface area contributed by atoms with Gasteiger partial charge in [0.2, 0.25) is 0 Å². The molecule has 0 saturated carbocycles. The third kappa shape index (κ3) is 3.82. The molecule has 124 valence electrons. The minimum atomic E-state index is -0.885. The van der Waals surface area contributed by atoms with Crippen LogP contribution < -0.4 is 0 Å². The number of likely N-dealkylation sites (tertiary alicyclic amines) is 1. The molecule has 0 radical (unpaired) electrons. The Kier molecular flexibility index (Phi) is 6.37. The lowest BCUT2D eigenvalue weighted by Gasteiger charge is -2.41. The van der Waals surface area contributed by atoms with E-state index in [4.69, 9.17) is 0 Å². The minimum absolute atomic E-state index is 0.262. The third-order valence-corrected chi connectivity index (χ3v) is 4.74. The Bertz CT molecular complexity index is 519. The SMILES string of the molecule is CC.CN1CCC(C(O)(c2ccccc2)c2ccccc2)CC1. The van der Waals surface area contributed by atoms with Gasteiger partial charge in [-0.15, -0.1) is 0 Å². The van der Waals surface area contributed by atoms with Gasteiger partial charge in [0.1, 0.15) is 5.60 Å². The molecule has 2 aromatic carbocycles. The number of nitrogens with zero attached hydrogens (tertiary/aromatic N) is 1. The molecule has 1 heterocycles. The maximum absolute atomic E-state index is 11.6. The van der Waals surface area contributed by atoms with Gasteiger partial charge < -0.3 is 10.0 Å². The zero-order chi connectivity index (χ0) is 16.7. The van der Waals surface area contributed by atoms with E-state index in [1.807, 2.05) is 74.5 Å². The smallest absolute Gasteiger partial charge is 0.117 e. The van der Waals surface area contributed by atoms with Crippen LogP contribution in [0.5, 0.6) is 0 Å². The highest BCUT2D eigenvalue weighted by Crippen LogP contribution is 2.41. The van der Waals surface area contributed by atoms with Gasteiger partial charge in [-0.05, 0) is 50.0 Å². The van der Waals surface area contributed by atoms with Crippen LogP contribution in [0.15, 0.2) is 60.7 Å². The monoisotopic (exact) mass is 311 g/mol. The highest BCUT2D eigenvalue weighted by atomic mass is 16.3. The van der Waals surface area contributed by atoms with E-state index in [1.54, 1.807) is 0 Å². The van der Waals surface area contributed by atoms with E-state index in [0.29, 0.717) is 0 Å². The maximum Gasteiger partial charge on any atom is 0.117 e. The van der Waals surface area contributed by atoms with Crippen LogP contribution in [0.2, 0.25) is 0 Å². The van der Waals surface area contributed by atoms with Crippen molar-refractivity contribution >= 4 is 0 Å². The summed E-state index contributed by atoms with van der Waals surface area (Å²) in [4.78, 5) is 2.34. The minimum Gasteiger partial charge on any atom is -0.380 e. The van der Waals surface area contributed by atoms with Crippen molar-refractivity contribution in [1.82, 2.24) is 4.90 Å². The van der Waals surface area contributed by atoms with Gasteiger partial charge in [0.05, 0.1) is 0 Å². The topological polar surface area (TPSA) is 23.5 Å². The summed E-state index contributed by atoms with van der Waals surface area (Å²) >= 11 is 0. The van der Waals surface area contributed by atoms with E-state index in [0.717, 1.165) is 37.1 Å². The highest BCUT2D eigenvalue weighted by molar-refractivity contribution is 5.37. The molecule has 1 fully saturated rings. The second kappa shape index (κ2) is 8.28. The average molecular weight is 311 g/mol. The first-order valence-electron chi connectivity index (χ1n) is 8.73. The second-order valence-corrected chi connectivity index (χ2v) is 6.08. The van der Waals surface area contributed by atoms with Crippen molar-refractivity contribution in [1.29, 1.82) is 0 Å². The average Bonchev–Trinajstić information content (AvgIpc) is 2.65. The normalized spacial score (nSPS) is 16.5. The molecule has 0 atom stereocenters. The van der Waals surface area contributed by atoms with Gasteiger partial charge in [-0.2, -0.15) is 0 Å². The molecule has 1 aliphatic heterocycles. The number of piperidine rings is 1. The zero-order valence-electron chi connectivity index (χ0n) is 14.6. The summed E-state index contributed by atoms with van der Waals surface area (Å²) in [6.07, 6.45) is 2.05. The van der Waals surface area contributed by atoms with E-state index < -0.39 is 5.60 Å². The van der Waals surface area contributed by atoms with Gasteiger partial charge >= 0.3 is 0 Å². The third-order valence-electron chi connectivity index (χ3n) is 4.74. The van der Waals surface area contributed by atoms with Crippen LogP contribution in [-0.4, -0.2) is 30.1 Å². The molecule has 3 rings (SSSR count). The van der Waals surface area contributed by atoms with E-state index in [1.165, 1.54) is 0 Å². The van der Waals surface area contributed by atoms with Crippen LogP contribution >= 0.6 is 0 Å². The maximum atomic E-state index is 11.6. The summed E-state index contributed by atoms with van der Waals surface area (Å²) in [7, 11) is 2.15. The van der Waals surface area contributed by atoms with E-state index >= 15 is 0 Å². The van der Waals surface area contributed by atoms with E-state index in [2.05, 4.69) is 11.9 Å². The Balaban J connectivity index is 0.000000924. The molecule has 0 amide bonds. The van der Waals surface area contributed by atoms with Crippen molar-refractivity contribution in [2.45, 2.75) is 32.3 Å². The van der Waals surface area contributed by atoms with Gasteiger partial charge in [0.15, 0.2) is 0 Å². The summed E-state index contributed by atoms with van der Waals surface area (Å²) in [6.45, 7) is 6.10. The van der Waals surface area contributed by atoms with Crippen LogP contribution in [0.4, 0.5) is 0 Å². The number of rotatable bonds is 3. The lowest BCUT2D eigenvalue weighted by atomic mass is 9.72.